The van der Waals surface area contributed by atoms with E-state index in [1.807, 2.05) is 43.1 Å². The van der Waals surface area contributed by atoms with Gasteiger partial charge in [0.25, 0.3) is 5.91 Å². The first-order chi connectivity index (χ1) is 12.6. The molecule has 138 valence electrons. The fourth-order valence-corrected chi connectivity index (χ4v) is 3.22. The summed E-state index contributed by atoms with van der Waals surface area (Å²) in [5, 5.41) is 0. The first kappa shape index (κ1) is 18.3. The van der Waals surface area contributed by atoms with Gasteiger partial charge in [0.15, 0.2) is 0 Å². The summed E-state index contributed by atoms with van der Waals surface area (Å²) in [6, 6.07) is 12.0. The summed E-state index contributed by atoms with van der Waals surface area (Å²) in [4.78, 5) is 28.1. The molecular weight excluding hydrogens is 326 g/mol. The highest BCUT2D eigenvalue weighted by atomic mass is 16.2. The minimum atomic E-state index is 0.000569. The number of piperazine rings is 1. The molecule has 0 aliphatic carbocycles. The first-order valence-corrected chi connectivity index (χ1v) is 9.19. The van der Waals surface area contributed by atoms with Gasteiger partial charge in [-0.2, -0.15) is 0 Å². The molecule has 0 bridgehead atoms. The number of anilines is 1. The van der Waals surface area contributed by atoms with Gasteiger partial charge in [0.1, 0.15) is 17.3 Å². The number of carbonyl (C=O) groups is 1. The summed E-state index contributed by atoms with van der Waals surface area (Å²) < 4.78 is 0. The van der Waals surface area contributed by atoms with E-state index in [9.17, 15) is 4.79 Å². The number of likely N-dealkylation sites (N-methyl/N-ethyl adjacent to an activating group) is 1. The lowest BCUT2D eigenvalue weighted by molar-refractivity contribution is 0.0637. The van der Waals surface area contributed by atoms with Gasteiger partial charge in [-0.05, 0) is 19.0 Å². The van der Waals surface area contributed by atoms with Crippen LogP contribution in [-0.4, -0.2) is 65.4 Å². The SMILES string of the molecule is CCN1CCN(C(=O)c2cc(N(C)Cc3ccccc3)nc(C)n2)CC1. The summed E-state index contributed by atoms with van der Waals surface area (Å²) in [7, 11) is 1.99. The van der Waals surface area contributed by atoms with Crippen molar-refractivity contribution in [3.05, 3.63) is 53.5 Å². The summed E-state index contributed by atoms with van der Waals surface area (Å²) in [6.07, 6.45) is 0. The number of hydrogen-bond donors (Lipinski definition) is 0. The second kappa shape index (κ2) is 8.27. The second-order valence-corrected chi connectivity index (χ2v) is 6.73. The molecule has 0 N–H and O–H groups in total. The average Bonchev–Trinajstić information content (AvgIpc) is 2.67. The highest BCUT2D eigenvalue weighted by Gasteiger charge is 2.23. The number of benzene rings is 1. The predicted molar refractivity (Wildman–Crippen MR) is 103 cm³/mol. The zero-order valence-corrected chi connectivity index (χ0v) is 15.9. The third-order valence-electron chi connectivity index (χ3n) is 4.80. The Kier molecular flexibility index (Phi) is 5.83. The van der Waals surface area contributed by atoms with E-state index in [1.54, 1.807) is 0 Å². The van der Waals surface area contributed by atoms with Crippen LogP contribution in [0.25, 0.3) is 0 Å². The lowest BCUT2D eigenvalue weighted by Crippen LogP contribution is -2.48. The fourth-order valence-electron chi connectivity index (χ4n) is 3.22. The Labute approximate surface area is 155 Å². The molecule has 6 heteroatoms. The molecule has 2 aromatic rings. The number of amides is 1. The van der Waals surface area contributed by atoms with Crippen LogP contribution in [0.15, 0.2) is 36.4 Å². The standard InChI is InChI=1S/C20H27N5O/c1-4-24-10-12-25(13-11-24)20(26)18-14-19(22-16(2)21-18)23(3)15-17-8-6-5-7-9-17/h5-9,14H,4,10-13,15H2,1-3H3. The number of hydrogen-bond acceptors (Lipinski definition) is 5. The molecule has 2 heterocycles. The van der Waals surface area contributed by atoms with Crippen molar-refractivity contribution in [1.82, 2.24) is 19.8 Å². The lowest BCUT2D eigenvalue weighted by Gasteiger charge is -2.34. The third-order valence-corrected chi connectivity index (χ3v) is 4.80. The molecule has 1 aliphatic rings. The van der Waals surface area contributed by atoms with Gasteiger partial charge in [0, 0.05) is 45.8 Å². The summed E-state index contributed by atoms with van der Waals surface area (Å²) in [5.41, 5.74) is 1.69. The monoisotopic (exact) mass is 353 g/mol. The van der Waals surface area contributed by atoms with Crippen LogP contribution >= 0.6 is 0 Å². The Morgan fingerprint density at radius 1 is 1.12 bits per heavy atom. The van der Waals surface area contributed by atoms with Gasteiger partial charge < -0.3 is 14.7 Å². The van der Waals surface area contributed by atoms with E-state index in [1.165, 1.54) is 5.56 Å². The van der Waals surface area contributed by atoms with Crippen LogP contribution in [0.5, 0.6) is 0 Å². The molecule has 3 rings (SSSR count). The highest BCUT2D eigenvalue weighted by Crippen LogP contribution is 2.16. The third kappa shape index (κ3) is 4.38. The maximum Gasteiger partial charge on any atom is 0.272 e. The first-order valence-electron chi connectivity index (χ1n) is 9.19. The van der Waals surface area contributed by atoms with Crippen molar-refractivity contribution in [2.45, 2.75) is 20.4 Å². The molecule has 0 unspecified atom stereocenters. The predicted octanol–water partition coefficient (Wildman–Crippen LogP) is 2.20. The van der Waals surface area contributed by atoms with E-state index in [-0.39, 0.29) is 5.91 Å². The van der Waals surface area contributed by atoms with Crippen molar-refractivity contribution in [1.29, 1.82) is 0 Å². The number of rotatable bonds is 5. The van der Waals surface area contributed by atoms with E-state index in [2.05, 4.69) is 38.8 Å². The molecule has 0 atom stereocenters. The van der Waals surface area contributed by atoms with Gasteiger partial charge in [-0.1, -0.05) is 37.3 Å². The number of aryl methyl sites for hydroxylation is 1. The lowest BCUT2D eigenvalue weighted by atomic mass is 10.2. The maximum atomic E-state index is 12.9. The van der Waals surface area contributed by atoms with Crippen molar-refractivity contribution in [3.63, 3.8) is 0 Å². The Bertz CT molecular complexity index is 741. The Balaban J connectivity index is 1.74. The maximum absolute atomic E-state index is 12.9. The fraction of sp³-hybridized carbons (Fsp3) is 0.450. The topological polar surface area (TPSA) is 52.6 Å². The molecule has 0 radical (unpaired) electrons. The molecule has 0 saturated carbocycles. The van der Waals surface area contributed by atoms with Crippen LogP contribution in [0, 0.1) is 6.92 Å². The Morgan fingerprint density at radius 3 is 2.46 bits per heavy atom. The molecule has 1 fully saturated rings. The van der Waals surface area contributed by atoms with Crippen LogP contribution in [0.1, 0.15) is 28.8 Å². The smallest absolute Gasteiger partial charge is 0.272 e. The Hall–Kier alpha value is -2.47. The zero-order valence-electron chi connectivity index (χ0n) is 15.9. The molecule has 1 aromatic carbocycles. The van der Waals surface area contributed by atoms with Crippen molar-refractivity contribution in [3.8, 4) is 0 Å². The van der Waals surface area contributed by atoms with Crippen molar-refractivity contribution in [2.75, 3.05) is 44.7 Å². The van der Waals surface area contributed by atoms with E-state index in [4.69, 9.17) is 0 Å². The normalized spacial score (nSPS) is 15.1. The van der Waals surface area contributed by atoms with Gasteiger partial charge >= 0.3 is 0 Å². The molecule has 26 heavy (non-hydrogen) atoms. The highest BCUT2D eigenvalue weighted by molar-refractivity contribution is 5.93. The molecule has 1 saturated heterocycles. The summed E-state index contributed by atoms with van der Waals surface area (Å²) >= 11 is 0. The summed E-state index contributed by atoms with van der Waals surface area (Å²) in [6.45, 7) is 9.12. The number of nitrogens with zero attached hydrogens (tertiary/aromatic N) is 5. The van der Waals surface area contributed by atoms with Crippen LogP contribution < -0.4 is 4.90 Å². The second-order valence-electron chi connectivity index (χ2n) is 6.73. The number of aromatic nitrogens is 2. The van der Waals surface area contributed by atoms with Crippen LogP contribution in [0.3, 0.4) is 0 Å². The minimum Gasteiger partial charge on any atom is -0.355 e. The number of carbonyl (C=O) groups excluding carboxylic acids is 1. The Morgan fingerprint density at radius 2 is 1.81 bits per heavy atom. The van der Waals surface area contributed by atoms with Crippen LogP contribution in [0.4, 0.5) is 5.82 Å². The van der Waals surface area contributed by atoms with Crippen molar-refractivity contribution >= 4 is 11.7 Å². The van der Waals surface area contributed by atoms with Crippen LogP contribution in [0.2, 0.25) is 0 Å². The largest absolute Gasteiger partial charge is 0.355 e. The van der Waals surface area contributed by atoms with Gasteiger partial charge in [-0.25, -0.2) is 9.97 Å². The van der Waals surface area contributed by atoms with Gasteiger partial charge in [-0.15, -0.1) is 0 Å². The molecule has 6 nitrogen and oxygen atoms in total. The molecule has 1 amide bonds. The van der Waals surface area contributed by atoms with E-state index >= 15 is 0 Å². The van der Waals surface area contributed by atoms with E-state index in [0.29, 0.717) is 11.5 Å². The molecule has 1 aromatic heterocycles. The molecule has 0 spiro atoms. The van der Waals surface area contributed by atoms with E-state index < -0.39 is 0 Å². The van der Waals surface area contributed by atoms with Gasteiger partial charge in [0.05, 0.1) is 0 Å². The van der Waals surface area contributed by atoms with Gasteiger partial charge in [-0.3, -0.25) is 4.79 Å². The van der Waals surface area contributed by atoms with Crippen molar-refractivity contribution in [2.24, 2.45) is 0 Å². The summed E-state index contributed by atoms with van der Waals surface area (Å²) in [5.74, 6) is 1.40. The van der Waals surface area contributed by atoms with Gasteiger partial charge in [0.2, 0.25) is 0 Å². The van der Waals surface area contributed by atoms with Crippen molar-refractivity contribution < 1.29 is 4.79 Å². The van der Waals surface area contributed by atoms with E-state index in [0.717, 1.165) is 45.1 Å². The quantitative estimate of drug-likeness (QED) is 0.825. The van der Waals surface area contributed by atoms with Crippen LogP contribution in [-0.2, 0) is 6.54 Å². The minimum absolute atomic E-state index is 0.000569. The zero-order chi connectivity index (χ0) is 18.5. The molecule has 1 aliphatic heterocycles. The molecular formula is C20H27N5O. The average molecular weight is 353 g/mol.